The van der Waals surface area contributed by atoms with Crippen LogP contribution in [0.1, 0.15) is 60.9 Å². The summed E-state index contributed by atoms with van der Waals surface area (Å²) in [5.74, 6) is 3.47. The highest BCUT2D eigenvalue weighted by molar-refractivity contribution is 6.06. The number of rotatable bonds is 3. The number of hydrogen-bond donors (Lipinski definition) is 1. The summed E-state index contributed by atoms with van der Waals surface area (Å²) in [4.78, 5) is 21.2. The Labute approximate surface area is 163 Å². The second-order valence-electron chi connectivity index (χ2n) is 8.73. The number of aromatic nitrogens is 3. The summed E-state index contributed by atoms with van der Waals surface area (Å²) in [7, 11) is 0. The number of nitrogens with zero attached hydrogens (tertiary/aromatic N) is 2. The number of carbonyl (C=O) groups excluding carboxylic acids is 1. The molecule has 0 spiro atoms. The van der Waals surface area contributed by atoms with Crippen molar-refractivity contribution < 1.29 is 9.32 Å². The maximum absolute atomic E-state index is 12.7. The Hall–Kier alpha value is -2.69. The summed E-state index contributed by atoms with van der Waals surface area (Å²) in [5.41, 5.74) is 7.02. The van der Waals surface area contributed by atoms with Gasteiger partial charge in [-0.25, -0.2) is 4.98 Å². The van der Waals surface area contributed by atoms with Crippen molar-refractivity contribution >= 4 is 22.9 Å². The van der Waals surface area contributed by atoms with Crippen LogP contribution in [-0.2, 0) is 4.79 Å². The average Bonchev–Trinajstić information content (AvgIpc) is 3.00. The number of hydrogen-bond acceptors (Lipinski definition) is 4. The van der Waals surface area contributed by atoms with E-state index in [1.165, 1.54) is 12.8 Å². The third-order valence-corrected chi connectivity index (χ3v) is 6.76. The van der Waals surface area contributed by atoms with E-state index in [1.807, 2.05) is 13.8 Å². The van der Waals surface area contributed by atoms with Gasteiger partial charge < -0.3 is 9.51 Å². The molecule has 2 aromatic heterocycles. The van der Waals surface area contributed by atoms with Crippen LogP contribution < -0.4 is 0 Å². The molecule has 2 bridgehead atoms. The lowest BCUT2D eigenvalue weighted by atomic mass is 9.91. The molecule has 2 heterocycles. The second kappa shape index (κ2) is 5.66. The maximum Gasteiger partial charge on any atom is 0.162 e. The normalized spacial score (nSPS) is 25.5. The Bertz CT molecular complexity index is 1140. The van der Waals surface area contributed by atoms with Crippen molar-refractivity contribution in [3.05, 3.63) is 40.5 Å². The predicted molar refractivity (Wildman–Crippen MR) is 107 cm³/mol. The Balaban J connectivity index is 1.56. The molecule has 142 valence electrons. The van der Waals surface area contributed by atoms with Gasteiger partial charge in [-0.05, 0) is 81.2 Å². The number of aryl methyl sites for hydroxylation is 2. The number of aromatic amines is 1. The maximum atomic E-state index is 12.7. The molecular formula is C23H23N3O2. The zero-order valence-electron chi connectivity index (χ0n) is 16.2. The van der Waals surface area contributed by atoms with E-state index in [4.69, 9.17) is 9.51 Å². The smallest absolute Gasteiger partial charge is 0.162 e. The lowest BCUT2D eigenvalue weighted by Crippen LogP contribution is -2.11. The van der Waals surface area contributed by atoms with E-state index in [9.17, 15) is 4.79 Å². The molecule has 0 radical (unpaired) electrons. The highest BCUT2D eigenvalue weighted by atomic mass is 16.5. The van der Waals surface area contributed by atoms with Gasteiger partial charge in [-0.15, -0.1) is 0 Å². The van der Waals surface area contributed by atoms with Crippen molar-refractivity contribution in [3.8, 4) is 11.1 Å². The van der Waals surface area contributed by atoms with Gasteiger partial charge in [-0.3, -0.25) is 4.79 Å². The average molecular weight is 373 g/mol. The number of H-pyrrole nitrogens is 1. The number of carbonyl (C=O) groups is 1. The van der Waals surface area contributed by atoms with Crippen LogP contribution in [0.2, 0.25) is 0 Å². The van der Waals surface area contributed by atoms with Crippen molar-refractivity contribution in [1.82, 2.24) is 15.1 Å². The molecule has 3 aliphatic rings. The van der Waals surface area contributed by atoms with Gasteiger partial charge in [0.15, 0.2) is 5.78 Å². The summed E-state index contributed by atoms with van der Waals surface area (Å²) < 4.78 is 5.40. The van der Waals surface area contributed by atoms with Crippen LogP contribution in [0, 0.1) is 25.7 Å². The standard InChI is InChI=1S/C23H23N3O2/c1-11-20(12(2)28-26-11)16-8-17(9-18-14-5-6-15(7-14)22(18)27)21-19(10-16)24-23(25-21)13-3-4-13/h8-10,13-15H,3-7H2,1-2H3,(H,24,25). The topological polar surface area (TPSA) is 71.8 Å². The first-order valence-electron chi connectivity index (χ1n) is 10.3. The summed E-state index contributed by atoms with van der Waals surface area (Å²) >= 11 is 0. The van der Waals surface area contributed by atoms with Gasteiger partial charge in [0.1, 0.15) is 11.6 Å². The van der Waals surface area contributed by atoms with Gasteiger partial charge in [0, 0.05) is 23.0 Å². The molecule has 2 atom stereocenters. The van der Waals surface area contributed by atoms with Crippen molar-refractivity contribution in [2.24, 2.45) is 11.8 Å². The fourth-order valence-electron chi connectivity index (χ4n) is 5.16. The monoisotopic (exact) mass is 373 g/mol. The minimum atomic E-state index is 0.249. The zero-order valence-corrected chi connectivity index (χ0v) is 16.2. The largest absolute Gasteiger partial charge is 0.361 e. The molecular weight excluding hydrogens is 350 g/mol. The van der Waals surface area contributed by atoms with Gasteiger partial charge in [-0.2, -0.15) is 0 Å². The number of fused-ring (bicyclic) bond motifs is 3. The van der Waals surface area contributed by atoms with Crippen molar-refractivity contribution in [2.75, 3.05) is 0 Å². The van der Waals surface area contributed by atoms with E-state index in [0.29, 0.717) is 17.6 Å². The fraction of sp³-hybridized carbons (Fsp3) is 0.435. The third-order valence-electron chi connectivity index (χ3n) is 6.76. The molecule has 2 unspecified atom stereocenters. The van der Waals surface area contributed by atoms with Crippen molar-refractivity contribution in [2.45, 2.75) is 51.9 Å². The zero-order chi connectivity index (χ0) is 19.0. The van der Waals surface area contributed by atoms with Crippen LogP contribution in [0.15, 0.2) is 22.2 Å². The molecule has 3 saturated carbocycles. The van der Waals surface area contributed by atoms with Gasteiger partial charge in [0.25, 0.3) is 0 Å². The van der Waals surface area contributed by atoms with E-state index < -0.39 is 0 Å². The minimum absolute atomic E-state index is 0.249. The van der Waals surface area contributed by atoms with Gasteiger partial charge in [0.05, 0.1) is 16.7 Å². The number of benzene rings is 1. The summed E-state index contributed by atoms with van der Waals surface area (Å²) in [6, 6.07) is 4.30. The van der Waals surface area contributed by atoms with Gasteiger partial charge >= 0.3 is 0 Å². The molecule has 3 aromatic rings. The summed E-state index contributed by atoms with van der Waals surface area (Å²) in [5, 5.41) is 4.12. The van der Waals surface area contributed by atoms with Crippen molar-refractivity contribution in [1.29, 1.82) is 0 Å². The molecule has 28 heavy (non-hydrogen) atoms. The van der Waals surface area contributed by atoms with Crippen LogP contribution in [0.5, 0.6) is 0 Å². The van der Waals surface area contributed by atoms with E-state index in [0.717, 1.165) is 69.8 Å². The first-order valence-corrected chi connectivity index (χ1v) is 10.3. The molecule has 1 aromatic carbocycles. The summed E-state index contributed by atoms with van der Waals surface area (Å²) in [6.45, 7) is 3.91. The first-order chi connectivity index (χ1) is 13.6. The number of ketones is 1. The molecule has 5 heteroatoms. The van der Waals surface area contributed by atoms with Crippen LogP contribution in [-0.4, -0.2) is 20.9 Å². The molecule has 0 saturated heterocycles. The lowest BCUT2D eigenvalue weighted by molar-refractivity contribution is -0.118. The number of nitrogens with one attached hydrogen (secondary N) is 1. The molecule has 3 aliphatic carbocycles. The second-order valence-corrected chi connectivity index (χ2v) is 8.73. The van der Waals surface area contributed by atoms with E-state index in [2.05, 4.69) is 28.3 Å². The fourth-order valence-corrected chi connectivity index (χ4v) is 5.16. The third kappa shape index (κ3) is 2.35. The molecule has 1 N–H and O–H groups in total. The van der Waals surface area contributed by atoms with E-state index in [-0.39, 0.29) is 5.92 Å². The quantitative estimate of drug-likeness (QED) is 0.649. The van der Waals surface area contributed by atoms with E-state index >= 15 is 0 Å². The van der Waals surface area contributed by atoms with Gasteiger partial charge in [-0.1, -0.05) is 5.16 Å². The summed E-state index contributed by atoms with van der Waals surface area (Å²) in [6.07, 6.45) is 7.76. The highest BCUT2D eigenvalue weighted by Gasteiger charge is 2.42. The first kappa shape index (κ1) is 16.3. The molecule has 0 aliphatic heterocycles. The molecule has 0 amide bonds. The van der Waals surface area contributed by atoms with Crippen molar-refractivity contribution in [3.63, 3.8) is 0 Å². The van der Waals surface area contributed by atoms with Crippen LogP contribution in [0.25, 0.3) is 28.2 Å². The Morgan fingerprint density at radius 2 is 1.89 bits per heavy atom. The molecule has 3 fully saturated rings. The molecule has 5 nitrogen and oxygen atoms in total. The number of allylic oxidation sites excluding steroid dienone is 1. The Morgan fingerprint density at radius 3 is 2.57 bits per heavy atom. The van der Waals surface area contributed by atoms with Crippen LogP contribution in [0.3, 0.4) is 0 Å². The van der Waals surface area contributed by atoms with E-state index in [1.54, 1.807) is 0 Å². The van der Waals surface area contributed by atoms with Gasteiger partial charge in [0.2, 0.25) is 0 Å². The SMILES string of the molecule is Cc1noc(C)c1-c1cc(C=C2C(=O)C3CCC2C3)c2nc(C3CC3)[nH]c2c1. The Kier molecular flexibility index (Phi) is 3.29. The predicted octanol–water partition coefficient (Wildman–Crippen LogP) is 5.09. The molecule has 6 rings (SSSR count). The number of imidazole rings is 1. The number of Topliss-reactive ketones (excluding diaryl/α,β-unsaturated/α-hetero) is 1. The minimum Gasteiger partial charge on any atom is -0.361 e. The Morgan fingerprint density at radius 1 is 1.11 bits per heavy atom. The van der Waals surface area contributed by atoms with Crippen LogP contribution >= 0.6 is 0 Å². The van der Waals surface area contributed by atoms with Crippen LogP contribution in [0.4, 0.5) is 0 Å². The lowest BCUT2D eigenvalue weighted by Gasteiger charge is -2.12. The highest BCUT2D eigenvalue weighted by Crippen LogP contribution is 2.47.